The van der Waals surface area contributed by atoms with Gasteiger partial charge in [0.05, 0.1) is 22.3 Å². The molecule has 3 rings (SSSR count). The van der Waals surface area contributed by atoms with Gasteiger partial charge < -0.3 is 4.90 Å². The van der Waals surface area contributed by atoms with Crippen LogP contribution in [0.25, 0.3) is 22.7 Å². The maximum atomic E-state index is 13.3. The van der Waals surface area contributed by atoms with E-state index in [0.717, 1.165) is 21.4 Å². The third-order valence-corrected chi connectivity index (χ3v) is 4.79. The van der Waals surface area contributed by atoms with Crippen molar-refractivity contribution in [2.45, 2.75) is 6.92 Å². The zero-order chi connectivity index (χ0) is 19.9. The molecule has 0 saturated carbocycles. The normalized spacial score (nSPS) is 10.8. The zero-order valence-corrected chi connectivity index (χ0v) is 16.0. The van der Waals surface area contributed by atoms with Crippen LogP contribution in [0.3, 0.4) is 0 Å². The van der Waals surface area contributed by atoms with Crippen LogP contribution in [0.1, 0.15) is 11.1 Å². The molecule has 0 N–H and O–H groups in total. The molecular weight excluding hydrogens is 340 g/mol. The number of anilines is 1. The molecule has 0 spiro atoms. The van der Waals surface area contributed by atoms with Crippen LogP contribution in [0.15, 0.2) is 51.5 Å². The number of nitrogens with zero attached hydrogens (tertiary/aromatic N) is 4. The number of benzene rings is 2. The molecule has 138 valence electrons. The van der Waals surface area contributed by atoms with Gasteiger partial charge in [-0.25, -0.2) is 9.36 Å². The summed E-state index contributed by atoms with van der Waals surface area (Å²) in [6.07, 6.45) is 1.66. The van der Waals surface area contributed by atoms with Crippen molar-refractivity contribution in [1.29, 1.82) is 0 Å². The molecule has 0 radical (unpaired) electrons. The number of hydrogen-bond donors (Lipinski definition) is 0. The lowest BCUT2D eigenvalue weighted by molar-refractivity contribution is 0.774. The van der Waals surface area contributed by atoms with Crippen molar-refractivity contribution in [1.82, 2.24) is 9.13 Å². The van der Waals surface area contributed by atoms with Crippen molar-refractivity contribution in [2.24, 2.45) is 12.0 Å². The highest BCUT2D eigenvalue weighted by Crippen LogP contribution is 2.30. The molecule has 1 aromatic heterocycles. The van der Waals surface area contributed by atoms with Gasteiger partial charge in [0.25, 0.3) is 5.56 Å². The van der Waals surface area contributed by atoms with E-state index >= 15 is 0 Å². The molecule has 0 fully saturated rings. The minimum atomic E-state index is -0.436. The van der Waals surface area contributed by atoms with Crippen LogP contribution >= 0.6 is 0 Å². The zero-order valence-electron chi connectivity index (χ0n) is 16.0. The first-order valence-corrected chi connectivity index (χ1v) is 8.48. The lowest BCUT2D eigenvalue weighted by atomic mass is 10.0. The largest absolute Gasteiger partial charge is 0.378 e. The Bertz CT molecular complexity index is 1200. The highest BCUT2D eigenvalue weighted by atomic mass is 16.2. The quantitative estimate of drug-likeness (QED) is 0.670. The van der Waals surface area contributed by atoms with Crippen LogP contribution in [0.2, 0.25) is 0 Å². The summed E-state index contributed by atoms with van der Waals surface area (Å²) in [4.78, 5) is 32.3. The molecule has 0 amide bonds. The molecule has 0 aliphatic heterocycles. The first-order valence-electron chi connectivity index (χ1n) is 8.48. The second-order valence-corrected chi connectivity index (χ2v) is 6.60. The molecule has 6 nitrogen and oxygen atoms in total. The highest BCUT2D eigenvalue weighted by Gasteiger charge is 2.17. The Balaban J connectivity index is 2.50. The Morgan fingerprint density at radius 2 is 1.85 bits per heavy atom. The molecule has 0 aliphatic rings. The predicted molar refractivity (Wildman–Crippen MR) is 113 cm³/mol. The van der Waals surface area contributed by atoms with Gasteiger partial charge >= 0.3 is 5.69 Å². The van der Waals surface area contributed by atoms with Crippen molar-refractivity contribution in [3.05, 3.63) is 68.9 Å². The fourth-order valence-electron chi connectivity index (χ4n) is 3.24. The number of aromatic nitrogens is 2. The Kier molecular flexibility index (Phi) is 4.57. The summed E-state index contributed by atoms with van der Waals surface area (Å²) in [5.41, 5.74) is 3.18. The average Bonchev–Trinajstić information content (AvgIpc) is 2.66. The van der Waals surface area contributed by atoms with Crippen molar-refractivity contribution in [2.75, 3.05) is 19.0 Å². The Morgan fingerprint density at radius 3 is 2.44 bits per heavy atom. The van der Waals surface area contributed by atoms with Crippen molar-refractivity contribution < 1.29 is 0 Å². The monoisotopic (exact) mass is 362 g/mol. The Hall–Kier alpha value is -3.41. The maximum absolute atomic E-state index is 13.3. The summed E-state index contributed by atoms with van der Waals surface area (Å²) in [6, 6.07) is 9.01. The van der Waals surface area contributed by atoms with E-state index in [0.29, 0.717) is 22.3 Å². The number of aliphatic imine (C=N–C) groups is 1. The molecule has 3 aromatic rings. The summed E-state index contributed by atoms with van der Waals surface area (Å²) in [6.45, 7) is 9.35. The Labute approximate surface area is 157 Å². The maximum Gasteiger partial charge on any atom is 0.335 e. The first kappa shape index (κ1) is 18.4. The van der Waals surface area contributed by atoms with E-state index < -0.39 is 5.69 Å². The molecule has 0 aliphatic carbocycles. The molecule has 0 bridgehead atoms. The van der Waals surface area contributed by atoms with Crippen LogP contribution in [0.4, 0.5) is 11.4 Å². The summed E-state index contributed by atoms with van der Waals surface area (Å²) in [5.74, 6) is 0. The second-order valence-electron chi connectivity index (χ2n) is 6.60. The number of hydrogen-bond acceptors (Lipinski definition) is 4. The van der Waals surface area contributed by atoms with Gasteiger partial charge in [0.1, 0.15) is 0 Å². The van der Waals surface area contributed by atoms with Gasteiger partial charge in [0.2, 0.25) is 0 Å². The fourth-order valence-corrected chi connectivity index (χ4v) is 3.24. The fraction of sp³-hybridized carbons (Fsp3) is 0.190. The minimum Gasteiger partial charge on any atom is -0.378 e. The van der Waals surface area contributed by atoms with Gasteiger partial charge in [-0.2, -0.15) is 0 Å². The van der Waals surface area contributed by atoms with E-state index in [2.05, 4.69) is 18.3 Å². The first-order chi connectivity index (χ1) is 12.8. The summed E-state index contributed by atoms with van der Waals surface area (Å²) >= 11 is 0. The Morgan fingerprint density at radius 1 is 1.15 bits per heavy atom. The van der Waals surface area contributed by atoms with Crippen LogP contribution in [0, 0.1) is 6.92 Å². The van der Waals surface area contributed by atoms with Gasteiger partial charge in [-0.15, -0.1) is 0 Å². The van der Waals surface area contributed by atoms with Crippen LogP contribution in [0.5, 0.6) is 0 Å². The lowest BCUT2D eigenvalue weighted by Gasteiger charge is -2.17. The van der Waals surface area contributed by atoms with Gasteiger partial charge in [0, 0.05) is 32.4 Å². The molecule has 0 unspecified atom stereocenters. The second kappa shape index (κ2) is 6.72. The van der Waals surface area contributed by atoms with E-state index in [1.54, 1.807) is 31.3 Å². The lowest BCUT2D eigenvalue weighted by Crippen LogP contribution is -2.38. The smallest absolute Gasteiger partial charge is 0.335 e. The van der Waals surface area contributed by atoms with Crippen LogP contribution in [-0.2, 0) is 7.05 Å². The molecular formula is C21H22N4O2. The molecule has 1 heterocycles. The molecule has 2 aromatic carbocycles. The summed E-state index contributed by atoms with van der Waals surface area (Å²) in [7, 11) is 5.45. The molecule has 27 heavy (non-hydrogen) atoms. The summed E-state index contributed by atoms with van der Waals surface area (Å²) < 4.78 is 2.62. The van der Waals surface area contributed by atoms with Crippen molar-refractivity contribution in [3.63, 3.8) is 0 Å². The van der Waals surface area contributed by atoms with Crippen molar-refractivity contribution >= 4 is 35.1 Å². The molecule has 6 heteroatoms. The number of rotatable bonds is 4. The van der Waals surface area contributed by atoms with Crippen molar-refractivity contribution in [3.8, 4) is 5.69 Å². The van der Waals surface area contributed by atoms with E-state index in [4.69, 9.17) is 0 Å². The number of aryl methyl sites for hydroxylation is 2. The van der Waals surface area contributed by atoms with Crippen LogP contribution < -0.4 is 16.1 Å². The van der Waals surface area contributed by atoms with E-state index in [1.807, 2.05) is 38.1 Å². The molecule has 0 saturated heterocycles. The van der Waals surface area contributed by atoms with Crippen LogP contribution in [-0.4, -0.2) is 29.9 Å². The van der Waals surface area contributed by atoms with Gasteiger partial charge in [-0.1, -0.05) is 18.7 Å². The third kappa shape index (κ3) is 2.79. The third-order valence-electron chi connectivity index (χ3n) is 4.79. The number of fused-ring (bicyclic) bond motifs is 1. The van der Waals surface area contributed by atoms with E-state index in [-0.39, 0.29) is 5.56 Å². The van der Waals surface area contributed by atoms with E-state index in [9.17, 15) is 9.59 Å². The van der Waals surface area contributed by atoms with Gasteiger partial charge in [0.15, 0.2) is 0 Å². The standard InChI is InChI=1S/C21H22N4O2/c1-7-15-13(2)8-10-18(19(15)22-3)25-20(26)16-12-14(23(4)5)9-11-17(16)24(6)21(25)27/h7-12H,1,3H2,2,4-6H3. The van der Waals surface area contributed by atoms with E-state index in [1.165, 1.54) is 4.57 Å². The highest BCUT2D eigenvalue weighted by molar-refractivity contribution is 5.83. The topological polar surface area (TPSA) is 59.6 Å². The average molecular weight is 362 g/mol. The summed E-state index contributed by atoms with van der Waals surface area (Å²) in [5, 5.41) is 0.457. The SMILES string of the molecule is C=Cc1c(C)ccc(-n2c(=O)c3cc(N(C)C)ccc3n(C)c2=O)c1N=C. The van der Waals surface area contributed by atoms with Gasteiger partial charge in [-0.3, -0.25) is 14.4 Å². The minimum absolute atomic E-state index is 0.388. The predicted octanol–water partition coefficient (Wildman–Crippen LogP) is 3.04. The van der Waals surface area contributed by atoms with Gasteiger partial charge in [-0.05, 0) is 43.5 Å². The molecule has 0 atom stereocenters.